The molecule has 5 heteroatoms. The van der Waals surface area contributed by atoms with Crippen LogP contribution >= 0.6 is 12.2 Å². The molecule has 0 radical (unpaired) electrons. The maximum absolute atomic E-state index is 13.0. The van der Waals surface area contributed by atoms with Gasteiger partial charge >= 0.3 is 0 Å². The van der Waals surface area contributed by atoms with Crippen molar-refractivity contribution in [1.82, 2.24) is 9.97 Å². The van der Waals surface area contributed by atoms with Crippen LogP contribution in [0.5, 0.6) is 0 Å². The van der Waals surface area contributed by atoms with Crippen molar-refractivity contribution in [3.63, 3.8) is 0 Å². The predicted molar refractivity (Wildman–Crippen MR) is 76.2 cm³/mol. The summed E-state index contributed by atoms with van der Waals surface area (Å²) >= 11 is 5.17. The first kappa shape index (κ1) is 12.3. The topological polar surface area (TPSA) is 40.7 Å². The minimum atomic E-state index is -0.236. The van der Waals surface area contributed by atoms with Gasteiger partial charge in [0, 0.05) is 12.1 Å². The molecule has 98 valence electrons. The summed E-state index contributed by atoms with van der Waals surface area (Å²) in [6, 6.07) is 6.45. The van der Waals surface area contributed by atoms with Crippen LogP contribution in [0.1, 0.15) is 18.4 Å². The first-order valence-electron chi connectivity index (χ1n) is 6.37. The maximum Gasteiger partial charge on any atom is 0.199 e. The molecule has 0 bridgehead atoms. The van der Waals surface area contributed by atoms with Crippen molar-refractivity contribution < 1.29 is 4.39 Å². The average molecular weight is 275 g/mol. The number of H-pyrrole nitrogens is 1. The van der Waals surface area contributed by atoms with Crippen LogP contribution in [0.3, 0.4) is 0 Å². The third-order valence-electron chi connectivity index (χ3n) is 3.31. The van der Waals surface area contributed by atoms with E-state index in [9.17, 15) is 4.39 Å². The van der Waals surface area contributed by atoms with Gasteiger partial charge in [-0.25, -0.2) is 9.37 Å². The van der Waals surface area contributed by atoms with Crippen LogP contribution < -0.4 is 5.32 Å². The minimum Gasteiger partial charge on any atom is -0.370 e. The van der Waals surface area contributed by atoms with Gasteiger partial charge in [-0.3, -0.25) is 0 Å². The van der Waals surface area contributed by atoms with Crippen LogP contribution in [0.15, 0.2) is 24.3 Å². The van der Waals surface area contributed by atoms with Crippen LogP contribution in [0.4, 0.5) is 10.2 Å². The van der Waals surface area contributed by atoms with Gasteiger partial charge in [-0.05, 0) is 61.3 Å². The smallest absolute Gasteiger partial charge is 0.199 e. The third kappa shape index (κ3) is 2.51. The molecular formula is C14H14FN3S. The fourth-order valence-electron chi connectivity index (χ4n) is 2.38. The Morgan fingerprint density at radius 1 is 1.16 bits per heavy atom. The number of nitrogens with one attached hydrogen (secondary N) is 2. The monoisotopic (exact) mass is 275 g/mol. The van der Waals surface area contributed by atoms with Gasteiger partial charge in [-0.1, -0.05) is 0 Å². The second-order valence-corrected chi connectivity index (χ2v) is 5.02. The molecule has 2 heterocycles. The summed E-state index contributed by atoms with van der Waals surface area (Å²) in [5.41, 5.74) is 3.02. The van der Waals surface area contributed by atoms with E-state index in [1.807, 2.05) is 0 Å². The summed E-state index contributed by atoms with van der Waals surface area (Å²) in [6.45, 7) is 0.918. The largest absolute Gasteiger partial charge is 0.370 e. The number of hydrogen-bond acceptors (Lipinski definition) is 3. The SMILES string of the molecule is Fc1ccc(-c2[nH]c(=S)nc3c2CCCCN3)cc1. The van der Waals surface area contributed by atoms with Gasteiger partial charge < -0.3 is 10.3 Å². The number of aromatic nitrogens is 2. The highest BCUT2D eigenvalue weighted by Crippen LogP contribution is 2.29. The lowest BCUT2D eigenvalue weighted by Gasteiger charge is -2.12. The van der Waals surface area contributed by atoms with E-state index in [1.54, 1.807) is 12.1 Å². The summed E-state index contributed by atoms with van der Waals surface area (Å²) in [6.07, 6.45) is 3.18. The van der Waals surface area contributed by atoms with Gasteiger partial charge in [0.1, 0.15) is 11.6 Å². The molecule has 3 nitrogen and oxygen atoms in total. The summed E-state index contributed by atoms with van der Waals surface area (Å²) in [5, 5.41) is 3.32. The number of aromatic amines is 1. The van der Waals surface area contributed by atoms with Gasteiger partial charge in [-0.15, -0.1) is 0 Å². The molecule has 1 aromatic carbocycles. The highest BCUT2D eigenvalue weighted by molar-refractivity contribution is 7.71. The van der Waals surface area contributed by atoms with Crippen molar-refractivity contribution in [3.05, 3.63) is 40.4 Å². The lowest BCUT2D eigenvalue weighted by Crippen LogP contribution is -2.05. The molecule has 1 aliphatic rings. The van der Waals surface area contributed by atoms with Crippen molar-refractivity contribution >= 4 is 18.0 Å². The summed E-state index contributed by atoms with van der Waals surface area (Å²) < 4.78 is 13.5. The van der Waals surface area contributed by atoms with E-state index in [-0.39, 0.29) is 5.82 Å². The molecule has 0 amide bonds. The Hall–Kier alpha value is -1.75. The van der Waals surface area contributed by atoms with Gasteiger partial charge in [-0.2, -0.15) is 0 Å². The zero-order valence-corrected chi connectivity index (χ0v) is 11.2. The highest BCUT2D eigenvalue weighted by Gasteiger charge is 2.15. The second kappa shape index (κ2) is 5.09. The van der Waals surface area contributed by atoms with E-state index in [1.165, 1.54) is 12.1 Å². The molecule has 19 heavy (non-hydrogen) atoms. The molecule has 2 aromatic rings. The molecule has 0 saturated carbocycles. The zero-order chi connectivity index (χ0) is 13.2. The highest BCUT2D eigenvalue weighted by atomic mass is 32.1. The fraction of sp³-hybridized carbons (Fsp3) is 0.286. The molecule has 1 aliphatic heterocycles. The van der Waals surface area contributed by atoms with Crippen molar-refractivity contribution in [1.29, 1.82) is 0 Å². The predicted octanol–water partition coefficient (Wildman–Crippen LogP) is 3.69. The van der Waals surface area contributed by atoms with Gasteiger partial charge in [0.25, 0.3) is 0 Å². The van der Waals surface area contributed by atoms with Crippen molar-refractivity contribution in [3.8, 4) is 11.3 Å². The van der Waals surface area contributed by atoms with Crippen LogP contribution in [-0.4, -0.2) is 16.5 Å². The maximum atomic E-state index is 13.0. The van der Waals surface area contributed by atoms with Gasteiger partial charge in [0.05, 0.1) is 5.69 Å². The number of rotatable bonds is 1. The van der Waals surface area contributed by atoms with Crippen LogP contribution in [0.2, 0.25) is 0 Å². The Morgan fingerprint density at radius 3 is 2.74 bits per heavy atom. The zero-order valence-electron chi connectivity index (χ0n) is 10.4. The number of nitrogens with zero attached hydrogens (tertiary/aromatic N) is 1. The molecule has 0 spiro atoms. The third-order valence-corrected chi connectivity index (χ3v) is 3.51. The molecule has 3 rings (SSSR count). The number of benzene rings is 1. The lowest BCUT2D eigenvalue weighted by atomic mass is 10.0. The van der Waals surface area contributed by atoms with Crippen molar-refractivity contribution in [2.24, 2.45) is 0 Å². The van der Waals surface area contributed by atoms with Crippen LogP contribution in [0, 0.1) is 10.6 Å². The summed E-state index contributed by atoms with van der Waals surface area (Å²) in [7, 11) is 0. The first-order chi connectivity index (χ1) is 9.24. The molecule has 2 N–H and O–H groups in total. The fourth-order valence-corrected chi connectivity index (χ4v) is 2.58. The Balaban J connectivity index is 2.17. The standard InChI is InChI=1S/C14H14FN3S/c15-10-6-4-9(5-7-10)12-11-3-1-2-8-16-13(11)18-14(19)17-12/h4-7H,1-3,8H2,(H2,16,17,18,19). The van der Waals surface area contributed by atoms with Crippen LogP contribution in [0.25, 0.3) is 11.3 Å². The van der Waals surface area contributed by atoms with E-state index in [0.717, 1.165) is 48.4 Å². The Morgan fingerprint density at radius 2 is 1.95 bits per heavy atom. The number of anilines is 1. The molecule has 0 aliphatic carbocycles. The Labute approximate surface area is 115 Å². The number of halogens is 1. The van der Waals surface area contributed by atoms with Crippen molar-refractivity contribution in [2.75, 3.05) is 11.9 Å². The molecule has 0 saturated heterocycles. The first-order valence-corrected chi connectivity index (χ1v) is 6.78. The number of fused-ring (bicyclic) bond motifs is 1. The Bertz CT molecular complexity index is 649. The van der Waals surface area contributed by atoms with Crippen molar-refractivity contribution in [2.45, 2.75) is 19.3 Å². The van der Waals surface area contributed by atoms with Crippen LogP contribution in [-0.2, 0) is 6.42 Å². The summed E-state index contributed by atoms with van der Waals surface area (Å²) in [5.74, 6) is 0.626. The molecule has 0 unspecified atom stereocenters. The Kier molecular flexibility index (Phi) is 3.29. The molecule has 0 atom stereocenters. The van der Waals surface area contributed by atoms with E-state index >= 15 is 0 Å². The number of hydrogen-bond donors (Lipinski definition) is 2. The van der Waals surface area contributed by atoms with Gasteiger partial charge in [0.2, 0.25) is 0 Å². The molecule has 0 fully saturated rings. The molecular weight excluding hydrogens is 261 g/mol. The normalized spacial score (nSPS) is 14.4. The van der Waals surface area contributed by atoms with E-state index in [0.29, 0.717) is 4.77 Å². The van der Waals surface area contributed by atoms with Gasteiger partial charge in [0.15, 0.2) is 4.77 Å². The van der Waals surface area contributed by atoms with E-state index < -0.39 is 0 Å². The quantitative estimate of drug-likeness (QED) is 0.780. The lowest BCUT2D eigenvalue weighted by molar-refractivity contribution is 0.628. The second-order valence-electron chi connectivity index (χ2n) is 4.63. The summed E-state index contributed by atoms with van der Waals surface area (Å²) in [4.78, 5) is 7.49. The molecule has 1 aromatic heterocycles. The van der Waals surface area contributed by atoms with E-state index in [4.69, 9.17) is 12.2 Å². The average Bonchev–Trinajstić information content (AvgIpc) is 2.64. The minimum absolute atomic E-state index is 0.236. The van der Waals surface area contributed by atoms with E-state index in [2.05, 4.69) is 15.3 Å².